The number of halogens is 3. The lowest BCUT2D eigenvalue weighted by Crippen LogP contribution is -2.35. The van der Waals surface area contributed by atoms with Gasteiger partial charge in [-0.1, -0.05) is 12.1 Å². The third-order valence-electron chi connectivity index (χ3n) is 4.93. The topological polar surface area (TPSA) is 49.9 Å². The molecule has 1 saturated heterocycles. The maximum absolute atomic E-state index is 12.9. The van der Waals surface area contributed by atoms with E-state index >= 15 is 0 Å². The van der Waals surface area contributed by atoms with Gasteiger partial charge < -0.3 is 4.74 Å². The van der Waals surface area contributed by atoms with Gasteiger partial charge in [0.1, 0.15) is 5.75 Å². The fourth-order valence-electron chi connectivity index (χ4n) is 3.30. The first-order valence-corrected chi connectivity index (χ1v) is 10.7. The van der Waals surface area contributed by atoms with E-state index in [4.69, 9.17) is 4.74 Å². The molecule has 0 atom stereocenters. The van der Waals surface area contributed by atoms with Crippen molar-refractivity contribution in [1.82, 2.24) is 9.21 Å². The molecule has 0 saturated carbocycles. The lowest BCUT2D eigenvalue weighted by molar-refractivity contribution is -0.137. The van der Waals surface area contributed by atoms with Crippen LogP contribution in [0.1, 0.15) is 17.5 Å². The molecule has 2 aromatic carbocycles. The number of alkyl halides is 3. The van der Waals surface area contributed by atoms with Crippen molar-refractivity contribution in [3.05, 3.63) is 59.7 Å². The van der Waals surface area contributed by atoms with Gasteiger partial charge in [-0.05, 0) is 54.9 Å². The third kappa shape index (κ3) is 5.29. The fraction of sp³-hybridized carbons (Fsp3) is 0.400. The highest BCUT2D eigenvalue weighted by atomic mass is 32.2. The maximum atomic E-state index is 12.9. The Morgan fingerprint density at radius 1 is 0.931 bits per heavy atom. The molecule has 0 spiro atoms. The Balaban J connectivity index is 1.63. The smallest absolute Gasteiger partial charge is 0.416 e. The zero-order chi connectivity index (χ0) is 21.1. The summed E-state index contributed by atoms with van der Waals surface area (Å²) in [4.78, 5) is 2.28. The molecule has 1 fully saturated rings. The minimum atomic E-state index is -4.35. The number of ether oxygens (including phenoxy) is 1. The van der Waals surface area contributed by atoms with Crippen molar-refractivity contribution in [3.63, 3.8) is 0 Å². The molecule has 5 nitrogen and oxygen atoms in total. The number of sulfonamides is 1. The number of rotatable bonds is 5. The van der Waals surface area contributed by atoms with Crippen LogP contribution in [0.4, 0.5) is 13.2 Å². The molecule has 29 heavy (non-hydrogen) atoms. The van der Waals surface area contributed by atoms with E-state index in [9.17, 15) is 21.6 Å². The first-order chi connectivity index (χ1) is 13.7. The molecule has 0 amide bonds. The molecule has 1 heterocycles. The highest BCUT2D eigenvalue weighted by molar-refractivity contribution is 7.89. The van der Waals surface area contributed by atoms with Gasteiger partial charge in [-0.3, -0.25) is 4.90 Å². The molecular weight excluding hydrogens is 405 g/mol. The van der Waals surface area contributed by atoms with Crippen molar-refractivity contribution in [2.75, 3.05) is 33.3 Å². The number of hydrogen-bond donors (Lipinski definition) is 0. The van der Waals surface area contributed by atoms with Gasteiger partial charge >= 0.3 is 6.18 Å². The van der Waals surface area contributed by atoms with Gasteiger partial charge in [-0.15, -0.1) is 0 Å². The van der Waals surface area contributed by atoms with Crippen LogP contribution < -0.4 is 4.74 Å². The molecule has 1 aliphatic heterocycles. The van der Waals surface area contributed by atoms with Crippen LogP contribution in [0.15, 0.2) is 53.4 Å². The predicted molar refractivity (Wildman–Crippen MR) is 103 cm³/mol. The Morgan fingerprint density at radius 3 is 2.17 bits per heavy atom. The average molecular weight is 428 g/mol. The minimum Gasteiger partial charge on any atom is -0.497 e. The highest BCUT2D eigenvalue weighted by Gasteiger charge is 2.30. The largest absolute Gasteiger partial charge is 0.497 e. The Hall–Kier alpha value is -2.10. The van der Waals surface area contributed by atoms with E-state index in [1.165, 1.54) is 35.7 Å². The van der Waals surface area contributed by atoms with Crippen LogP contribution in [-0.2, 0) is 22.7 Å². The van der Waals surface area contributed by atoms with Gasteiger partial charge in [0.05, 0.1) is 17.6 Å². The van der Waals surface area contributed by atoms with Crippen molar-refractivity contribution < 1.29 is 26.3 Å². The van der Waals surface area contributed by atoms with Crippen molar-refractivity contribution in [1.29, 1.82) is 0 Å². The van der Waals surface area contributed by atoms with Crippen LogP contribution in [0, 0.1) is 0 Å². The van der Waals surface area contributed by atoms with Crippen LogP contribution in [0.2, 0.25) is 0 Å². The average Bonchev–Trinajstić information content (AvgIpc) is 2.94. The fourth-order valence-corrected chi connectivity index (χ4v) is 4.77. The Bertz CT molecular complexity index is 913. The van der Waals surface area contributed by atoms with Crippen LogP contribution in [0.3, 0.4) is 0 Å². The molecule has 1 aliphatic rings. The molecule has 3 rings (SSSR count). The van der Waals surface area contributed by atoms with Crippen molar-refractivity contribution in [2.45, 2.75) is 24.0 Å². The summed E-state index contributed by atoms with van der Waals surface area (Å²) in [7, 11) is -2.09. The van der Waals surface area contributed by atoms with Crippen LogP contribution in [0.5, 0.6) is 5.75 Å². The van der Waals surface area contributed by atoms with Crippen LogP contribution in [-0.4, -0.2) is 50.9 Å². The summed E-state index contributed by atoms with van der Waals surface area (Å²) in [6, 6.07) is 11.4. The first-order valence-electron chi connectivity index (χ1n) is 9.23. The van der Waals surface area contributed by atoms with Crippen molar-refractivity contribution in [2.24, 2.45) is 0 Å². The number of methoxy groups -OCH3 is 1. The molecule has 158 valence electrons. The van der Waals surface area contributed by atoms with E-state index in [2.05, 4.69) is 4.90 Å². The second kappa shape index (κ2) is 8.73. The summed E-state index contributed by atoms with van der Waals surface area (Å²) in [6.07, 6.45) is -3.70. The maximum Gasteiger partial charge on any atom is 0.416 e. The van der Waals surface area contributed by atoms with E-state index in [0.29, 0.717) is 44.9 Å². The molecule has 0 aromatic heterocycles. The van der Waals surface area contributed by atoms with E-state index in [1.54, 1.807) is 12.1 Å². The van der Waals surface area contributed by atoms with Gasteiger partial charge in [0, 0.05) is 26.2 Å². The normalized spacial score (nSPS) is 17.1. The summed E-state index contributed by atoms with van der Waals surface area (Å²) in [5.41, 5.74) is 0.0957. The molecule has 0 aliphatic carbocycles. The standard InChI is InChI=1S/C20H23F3N2O3S/c1-28-18-7-9-19(10-8-18)29(26,27)25-12-2-11-24(13-14-25)15-16-3-5-17(6-4-16)20(21,22)23/h3-10H,2,11-15H2,1H3. The van der Waals surface area contributed by atoms with Crippen LogP contribution in [0.25, 0.3) is 0 Å². The first kappa shape index (κ1) is 21.6. The lowest BCUT2D eigenvalue weighted by Gasteiger charge is -2.22. The minimum absolute atomic E-state index is 0.217. The van der Waals surface area contributed by atoms with Gasteiger partial charge in [0.15, 0.2) is 0 Å². The Labute approximate surface area is 168 Å². The van der Waals surface area contributed by atoms with E-state index in [0.717, 1.165) is 17.7 Å². The molecule has 0 radical (unpaired) electrons. The molecule has 0 unspecified atom stereocenters. The highest BCUT2D eigenvalue weighted by Crippen LogP contribution is 2.29. The summed E-state index contributed by atoms with van der Waals surface area (Å²) >= 11 is 0. The number of nitrogens with zero attached hydrogens (tertiary/aromatic N) is 2. The zero-order valence-electron chi connectivity index (χ0n) is 16.0. The third-order valence-corrected chi connectivity index (χ3v) is 6.85. The summed E-state index contributed by atoms with van der Waals surface area (Å²) in [5.74, 6) is 0.586. The second-order valence-corrected chi connectivity index (χ2v) is 8.84. The van der Waals surface area contributed by atoms with Gasteiger partial charge in [-0.25, -0.2) is 8.42 Å². The number of hydrogen-bond acceptors (Lipinski definition) is 4. The number of benzene rings is 2. The van der Waals surface area contributed by atoms with E-state index in [1.807, 2.05) is 0 Å². The van der Waals surface area contributed by atoms with Gasteiger partial charge in [-0.2, -0.15) is 17.5 Å². The SMILES string of the molecule is COc1ccc(S(=O)(=O)N2CCCN(Cc3ccc(C(F)(F)F)cc3)CC2)cc1. The molecule has 2 aromatic rings. The Kier molecular flexibility index (Phi) is 6.50. The Morgan fingerprint density at radius 2 is 1.59 bits per heavy atom. The summed E-state index contributed by atoms with van der Waals surface area (Å²) in [5, 5.41) is 0. The summed E-state index contributed by atoms with van der Waals surface area (Å²) in [6.45, 7) is 2.40. The second-order valence-electron chi connectivity index (χ2n) is 6.90. The molecule has 0 bridgehead atoms. The quantitative estimate of drug-likeness (QED) is 0.730. The molecule has 9 heteroatoms. The molecule has 0 N–H and O–H groups in total. The van der Waals surface area contributed by atoms with Gasteiger partial charge in [0.2, 0.25) is 10.0 Å². The van der Waals surface area contributed by atoms with Crippen molar-refractivity contribution >= 4 is 10.0 Å². The lowest BCUT2D eigenvalue weighted by atomic mass is 10.1. The summed E-state index contributed by atoms with van der Waals surface area (Å²) < 4.78 is 70.4. The monoisotopic (exact) mass is 428 g/mol. The van der Waals surface area contributed by atoms with Crippen LogP contribution >= 0.6 is 0 Å². The zero-order valence-corrected chi connectivity index (χ0v) is 16.8. The predicted octanol–water partition coefficient (Wildman–Crippen LogP) is 3.61. The van der Waals surface area contributed by atoms with Gasteiger partial charge in [0.25, 0.3) is 0 Å². The molecular formula is C20H23F3N2O3S. The van der Waals surface area contributed by atoms with E-state index in [-0.39, 0.29) is 4.90 Å². The van der Waals surface area contributed by atoms with E-state index < -0.39 is 21.8 Å². The van der Waals surface area contributed by atoms with Crippen molar-refractivity contribution in [3.8, 4) is 5.75 Å².